The molecule has 10 heteroatoms. The van der Waals surface area contributed by atoms with Gasteiger partial charge in [-0.05, 0) is 89.9 Å². The molecular weight excluding hydrogens is 737 g/mol. The van der Waals surface area contributed by atoms with Crippen LogP contribution in [0.25, 0.3) is 0 Å². The minimum absolute atomic E-state index is 0.0354. The van der Waals surface area contributed by atoms with E-state index in [0.717, 1.165) is 70.6 Å². The number of esters is 2. The quantitative estimate of drug-likeness (QED) is 0.0269. The molecule has 1 unspecified atom stereocenters. The minimum Gasteiger partial charge on any atom is -0.462 e. The molecule has 0 heterocycles. The summed E-state index contributed by atoms with van der Waals surface area (Å²) in [6.07, 6.45) is 54.5. The highest BCUT2D eigenvalue weighted by molar-refractivity contribution is 7.47. The first-order chi connectivity index (χ1) is 27.8. The molecule has 0 aromatic heterocycles. The fourth-order valence-electron chi connectivity index (χ4n) is 5.26. The first-order valence-electron chi connectivity index (χ1n) is 21.7. The predicted octanol–water partition coefficient (Wildman–Crippen LogP) is 12.6. The highest BCUT2D eigenvalue weighted by Gasteiger charge is 2.25. The second-order valence-electron chi connectivity index (χ2n) is 13.8. The number of hydrogen-bond donors (Lipinski definition) is 2. The van der Waals surface area contributed by atoms with E-state index in [1.54, 1.807) is 0 Å². The molecule has 0 aromatic rings. The standard InChI is InChI=1S/C47H78NO8P/c1-3-5-7-9-11-13-15-17-19-21-22-24-25-27-29-31-33-35-37-39-46(49)53-43-45(44-55-57(51,52)54-42-41-48)56-47(50)40-38-36-34-32-30-28-26-23-20-18-16-14-12-10-8-6-4-2/h5,7,11,13,17-20,22,24,26-29,32,34,45H,3-4,6,8-10,12,14-16,21,23,25,30-31,33,35-44,48H2,1-2H3,(H,51,52)/b7-5+,13-11+,19-17+,20-18+,24-22+,28-26+,29-27+,34-32+/t45-/m1/s1. The summed E-state index contributed by atoms with van der Waals surface area (Å²) in [6, 6.07) is 0. The van der Waals surface area contributed by atoms with Crippen molar-refractivity contribution >= 4 is 19.8 Å². The van der Waals surface area contributed by atoms with Crippen LogP contribution in [0.1, 0.15) is 155 Å². The highest BCUT2D eigenvalue weighted by atomic mass is 31.2. The first-order valence-corrected chi connectivity index (χ1v) is 23.2. The summed E-state index contributed by atoms with van der Waals surface area (Å²) >= 11 is 0. The molecule has 9 nitrogen and oxygen atoms in total. The van der Waals surface area contributed by atoms with Crippen molar-refractivity contribution in [3.63, 3.8) is 0 Å². The van der Waals surface area contributed by atoms with Gasteiger partial charge in [-0.2, -0.15) is 0 Å². The van der Waals surface area contributed by atoms with E-state index in [1.165, 1.54) is 38.5 Å². The van der Waals surface area contributed by atoms with E-state index < -0.39 is 32.5 Å². The van der Waals surface area contributed by atoms with Gasteiger partial charge in [-0.1, -0.05) is 150 Å². The number of phosphoric ester groups is 1. The zero-order valence-corrected chi connectivity index (χ0v) is 36.4. The molecule has 0 fully saturated rings. The van der Waals surface area contributed by atoms with Crippen molar-refractivity contribution in [1.82, 2.24) is 0 Å². The van der Waals surface area contributed by atoms with Crippen LogP contribution in [0.15, 0.2) is 97.2 Å². The van der Waals surface area contributed by atoms with Crippen molar-refractivity contribution in [3.8, 4) is 0 Å². The van der Waals surface area contributed by atoms with Gasteiger partial charge in [-0.15, -0.1) is 0 Å². The largest absolute Gasteiger partial charge is 0.472 e. The molecule has 0 rings (SSSR count). The van der Waals surface area contributed by atoms with Gasteiger partial charge in [-0.25, -0.2) is 4.57 Å². The molecule has 324 valence electrons. The van der Waals surface area contributed by atoms with Gasteiger partial charge in [0.05, 0.1) is 13.2 Å². The van der Waals surface area contributed by atoms with E-state index in [1.807, 2.05) is 6.08 Å². The Hall–Kier alpha value is -3.07. The number of allylic oxidation sites excluding steroid dienone is 16. The summed E-state index contributed by atoms with van der Waals surface area (Å²) in [6.45, 7) is 3.49. The molecule has 0 spiro atoms. The molecule has 0 saturated carbocycles. The Bertz CT molecular complexity index is 1250. The zero-order valence-electron chi connectivity index (χ0n) is 35.5. The number of phosphoric acid groups is 1. The van der Waals surface area contributed by atoms with Crippen LogP contribution in [-0.2, 0) is 32.7 Å². The fourth-order valence-corrected chi connectivity index (χ4v) is 6.03. The molecule has 0 aromatic carbocycles. The molecule has 2 atom stereocenters. The van der Waals surface area contributed by atoms with Gasteiger partial charge in [0.15, 0.2) is 6.10 Å². The van der Waals surface area contributed by atoms with Crippen LogP contribution in [0, 0.1) is 0 Å². The van der Waals surface area contributed by atoms with Crippen molar-refractivity contribution in [1.29, 1.82) is 0 Å². The fraction of sp³-hybridized carbons (Fsp3) is 0.617. The maximum absolute atomic E-state index is 12.6. The van der Waals surface area contributed by atoms with Crippen molar-refractivity contribution in [2.45, 2.75) is 161 Å². The molecule has 57 heavy (non-hydrogen) atoms. The summed E-state index contributed by atoms with van der Waals surface area (Å²) < 4.78 is 32.7. The van der Waals surface area contributed by atoms with Crippen molar-refractivity contribution in [3.05, 3.63) is 97.2 Å². The summed E-state index contributed by atoms with van der Waals surface area (Å²) in [5, 5.41) is 0. The molecule has 0 radical (unpaired) electrons. The van der Waals surface area contributed by atoms with Crippen LogP contribution in [0.4, 0.5) is 0 Å². The van der Waals surface area contributed by atoms with E-state index in [4.69, 9.17) is 24.3 Å². The number of nitrogens with two attached hydrogens (primary N) is 1. The number of hydrogen-bond acceptors (Lipinski definition) is 8. The van der Waals surface area contributed by atoms with E-state index in [-0.39, 0.29) is 32.6 Å². The summed E-state index contributed by atoms with van der Waals surface area (Å²) in [7, 11) is -4.41. The topological polar surface area (TPSA) is 134 Å². The van der Waals surface area contributed by atoms with Gasteiger partial charge in [0.1, 0.15) is 6.61 Å². The van der Waals surface area contributed by atoms with Crippen LogP contribution < -0.4 is 5.73 Å². The molecule has 0 bridgehead atoms. The second-order valence-corrected chi connectivity index (χ2v) is 15.3. The smallest absolute Gasteiger partial charge is 0.462 e. The SMILES string of the molecule is CC/C=C/C/C=C/C/C=C/C/C=C/C/C=C/CCCCCC(=O)OC[C@H](COP(=O)(O)OCCN)OC(=O)CCC/C=C/C/C=C/C/C=C/CCCCCCCC. The van der Waals surface area contributed by atoms with Crippen LogP contribution in [0.2, 0.25) is 0 Å². The average Bonchev–Trinajstić information content (AvgIpc) is 3.20. The number of carbonyl (C=O) groups is 2. The maximum atomic E-state index is 12.6. The summed E-state index contributed by atoms with van der Waals surface area (Å²) in [5.41, 5.74) is 5.34. The third-order valence-electron chi connectivity index (χ3n) is 8.45. The Labute approximate surface area is 346 Å². The van der Waals surface area contributed by atoms with E-state index >= 15 is 0 Å². The molecule has 0 amide bonds. The number of ether oxygens (including phenoxy) is 2. The minimum atomic E-state index is -4.41. The van der Waals surface area contributed by atoms with Gasteiger partial charge >= 0.3 is 19.8 Å². The lowest BCUT2D eigenvalue weighted by molar-refractivity contribution is -0.161. The van der Waals surface area contributed by atoms with Crippen LogP contribution >= 0.6 is 7.82 Å². The predicted molar refractivity (Wildman–Crippen MR) is 238 cm³/mol. The monoisotopic (exact) mass is 816 g/mol. The lowest BCUT2D eigenvalue weighted by atomic mass is 10.1. The van der Waals surface area contributed by atoms with Gasteiger partial charge < -0.3 is 20.1 Å². The zero-order chi connectivity index (χ0) is 41.8. The van der Waals surface area contributed by atoms with Gasteiger partial charge in [-0.3, -0.25) is 18.6 Å². The van der Waals surface area contributed by atoms with Crippen molar-refractivity contribution < 1.29 is 37.6 Å². The molecule has 0 aliphatic carbocycles. The third kappa shape index (κ3) is 42.4. The van der Waals surface area contributed by atoms with Crippen LogP contribution in [-0.4, -0.2) is 49.3 Å². The Balaban J connectivity index is 4.33. The van der Waals surface area contributed by atoms with Crippen molar-refractivity contribution in [2.75, 3.05) is 26.4 Å². The van der Waals surface area contributed by atoms with Gasteiger partial charge in [0.2, 0.25) is 0 Å². The Morgan fingerprint density at radius 2 is 0.982 bits per heavy atom. The number of rotatable bonds is 39. The summed E-state index contributed by atoms with van der Waals surface area (Å²) in [4.78, 5) is 34.8. The molecule has 0 saturated heterocycles. The molecule has 0 aliphatic heterocycles. The van der Waals surface area contributed by atoms with E-state index in [9.17, 15) is 19.0 Å². The average molecular weight is 816 g/mol. The highest BCUT2D eigenvalue weighted by Crippen LogP contribution is 2.43. The van der Waals surface area contributed by atoms with Gasteiger partial charge in [0.25, 0.3) is 0 Å². The Morgan fingerprint density at radius 3 is 1.49 bits per heavy atom. The number of carbonyl (C=O) groups excluding carboxylic acids is 2. The van der Waals surface area contributed by atoms with Crippen molar-refractivity contribution in [2.24, 2.45) is 5.73 Å². The number of unbranched alkanes of at least 4 members (excludes halogenated alkanes) is 10. The lowest BCUT2D eigenvalue weighted by Gasteiger charge is -2.19. The molecule has 3 N–H and O–H groups in total. The summed E-state index contributed by atoms with van der Waals surface area (Å²) in [5.74, 6) is -0.938. The Morgan fingerprint density at radius 1 is 0.544 bits per heavy atom. The van der Waals surface area contributed by atoms with E-state index in [2.05, 4.69) is 105 Å². The first kappa shape index (κ1) is 53.9. The second kappa shape index (κ2) is 42.5. The van der Waals surface area contributed by atoms with Gasteiger partial charge in [0, 0.05) is 19.4 Å². The molecular formula is C47H78NO8P. The Kier molecular flexibility index (Phi) is 40.2. The van der Waals surface area contributed by atoms with Crippen LogP contribution in [0.5, 0.6) is 0 Å². The lowest BCUT2D eigenvalue weighted by Crippen LogP contribution is -2.29. The normalized spacial score (nSPS) is 14.2. The maximum Gasteiger partial charge on any atom is 0.472 e. The third-order valence-corrected chi connectivity index (χ3v) is 9.44. The van der Waals surface area contributed by atoms with Crippen LogP contribution in [0.3, 0.4) is 0 Å². The van der Waals surface area contributed by atoms with E-state index in [0.29, 0.717) is 19.3 Å². The molecule has 0 aliphatic rings.